The summed E-state index contributed by atoms with van der Waals surface area (Å²) in [4.78, 5) is 0. The fourth-order valence-electron chi connectivity index (χ4n) is 2.34. The zero-order valence-corrected chi connectivity index (χ0v) is 19.4. The van der Waals surface area contributed by atoms with Gasteiger partial charge in [-0.15, -0.1) is 0 Å². The van der Waals surface area contributed by atoms with Crippen molar-refractivity contribution in [2.45, 2.75) is 38.3 Å². The third-order valence-electron chi connectivity index (χ3n) is 3.55. The molecule has 0 aromatic heterocycles. The zero-order chi connectivity index (χ0) is 20.1. The number of quaternary nitrogens is 1. The summed E-state index contributed by atoms with van der Waals surface area (Å²) < 4.78 is 74.2. The van der Waals surface area contributed by atoms with Crippen LogP contribution < -0.4 is 53.4 Å². The van der Waals surface area contributed by atoms with Crippen LogP contribution in [0.25, 0.3) is 0 Å². The fourth-order valence-corrected chi connectivity index (χ4v) is 2.34. The van der Waals surface area contributed by atoms with Crippen LogP contribution in [0.5, 0.6) is 0 Å². The van der Waals surface area contributed by atoms with E-state index in [1.807, 2.05) is 0 Å². The molecule has 0 fully saturated rings. The van der Waals surface area contributed by atoms with E-state index in [-0.39, 0.29) is 70.1 Å². The van der Waals surface area contributed by atoms with Crippen LogP contribution in [-0.2, 0) is 12.4 Å². The van der Waals surface area contributed by atoms with Crippen molar-refractivity contribution >= 4 is 0 Å². The van der Waals surface area contributed by atoms with Crippen LogP contribution in [-0.4, -0.2) is 11.0 Å². The number of alkyl halides is 6. The number of rotatable bonds is 2. The van der Waals surface area contributed by atoms with Crippen LogP contribution >= 0.6 is 0 Å². The molecule has 8 N–H and O–H groups in total. The van der Waals surface area contributed by atoms with E-state index in [1.165, 1.54) is 31.2 Å². The summed E-state index contributed by atoms with van der Waals surface area (Å²) in [5, 5.41) is 0. The smallest absolute Gasteiger partial charge is 1.00 e. The minimum absolute atomic E-state index is 0. The average molecular weight is 473 g/mol. The van der Waals surface area contributed by atoms with Gasteiger partial charge in [-0.3, -0.25) is 0 Å². The van der Waals surface area contributed by atoms with E-state index in [2.05, 4.69) is 5.73 Å². The Morgan fingerprint density at radius 3 is 1.30 bits per heavy atom. The van der Waals surface area contributed by atoms with E-state index in [4.69, 9.17) is 5.73 Å². The van der Waals surface area contributed by atoms with Crippen molar-refractivity contribution in [1.82, 2.24) is 0 Å². The summed E-state index contributed by atoms with van der Waals surface area (Å²) in [7, 11) is 0. The van der Waals surface area contributed by atoms with Crippen molar-refractivity contribution in [3.05, 3.63) is 70.8 Å². The number of benzene rings is 2. The Hall–Kier alpha value is -0.850. The first kappa shape index (κ1) is 36.5. The minimum atomic E-state index is -4.32. The summed E-state index contributed by atoms with van der Waals surface area (Å²) in [6, 6.07) is 9.91. The van der Waals surface area contributed by atoms with Crippen molar-refractivity contribution in [3.63, 3.8) is 0 Å². The number of hydrogen-bond donors (Lipinski definition) is 2. The molecule has 0 saturated heterocycles. The van der Waals surface area contributed by atoms with E-state index in [0.29, 0.717) is 0 Å². The molecule has 168 valence electrons. The van der Waals surface area contributed by atoms with Gasteiger partial charge in [-0.1, -0.05) is 36.4 Å². The van der Waals surface area contributed by atoms with E-state index >= 15 is 0 Å². The second-order valence-corrected chi connectivity index (χ2v) is 5.86. The molecule has 2 aromatic carbocycles. The minimum Gasteiger partial charge on any atom is -1.00 e. The molecule has 12 heteroatoms. The van der Waals surface area contributed by atoms with Crippen molar-refractivity contribution < 1.29 is 85.0 Å². The number of hydrogen-bond acceptors (Lipinski definition) is 2. The standard InChI is InChI=1S/2C9H10F3N.ClH.Na.2H2O/c2*1-6(13)7-4-2-3-5-8(7)9(10,11)12;;;;/h2*2-6H,13H2,1H3;1H;;2*1H2/q;;;+1;;/p-1/t2*6-;;;;/m00..../s1. The Bertz CT molecular complexity index is 667. The van der Waals surface area contributed by atoms with Crippen LogP contribution in [0.2, 0.25) is 0 Å². The number of nitrogens with two attached hydrogens (primary N) is 1. The third-order valence-corrected chi connectivity index (χ3v) is 3.55. The van der Waals surface area contributed by atoms with E-state index in [9.17, 15) is 26.3 Å². The van der Waals surface area contributed by atoms with E-state index < -0.39 is 29.5 Å². The molecule has 0 aliphatic rings. The fraction of sp³-hybridized carbons (Fsp3) is 0.333. The quantitative estimate of drug-likeness (QED) is 0.379. The average Bonchev–Trinajstić information content (AvgIpc) is 2.54. The van der Waals surface area contributed by atoms with Gasteiger partial charge < -0.3 is 34.8 Å². The molecular formula is C18H24ClF6N2NaO2. The second kappa shape index (κ2) is 15.0. The van der Waals surface area contributed by atoms with Gasteiger partial charge in [-0.2, -0.15) is 26.3 Å². The van der Waals surface area contributed by atoms with Crippen LogP contribution in [0, 0.1) is 0 Å². The maximum atomic E-state index is 12.4. The van der Waals surface area contributed by atoms with Crippen molar-refractivity contribution in [3.8, 4) is 0 Å². The molecule has 0 unspecified atom stereocenters. The Balaban J connectivity index is -0.000000199. The monoisotopic (exact) mass is 472 g/mol. The molecule has 0 heterocycles. The first-order valence-corrected chi connectivity index (χ1v) is 7.76. The molecule has 4 nitrogen and oxygen atoms in total. The van der Waals surface area contributed by atoms with Crippen LogP contribution in [0.15, 0.2) is 48.5 Å². The molecule has 0 radical (unpaired) electrons. The molecule has 30 heavy (non-hydrogen) atoms. The third kappa shape index (κ3) is 11.0. The van der Waals surface area contributed by atoms with Crippen molar-refractivity contribution in [2.75, 3.05) is 0 Å². The Labute approximate surface area is 199 Å². The maximum Gasteiger partial charge on any atom is 1.00 e. The first-order chi connectivity index (χ1) is 11.9. The predicted octanol–water partition coefficient (Wildman–Crippen LogP) is -2.26. The number of halogens is 7. The van der Waals surface area contributed by atoms with Gasteiger partial charge in [0.05, 0.1) is 11.1 Å². The van der Waals surface area contributed by atoms with Gasteiger partial charge in [-0.25, -0.2) is 0 Å². The topological polar surface area (TPSA) is 115 Å². The largest absolute Gasteiger partial charge is 1.00 e. The zero-order valence-electron chi connectivity index (χ0n) is 16.7. The molecule has 0 aliphatic heterocycles. The first-order valence-electron chi connectivity index (χ1n) is 7.76. The summed E-state index contributed by atoms with van der Waals surface area (Å²) in [6.45, 7) is 3.18. The molecular weight excluding hydrogens is 449 g/mol. The van der Waals surface area contributed by atoms with Gasteiger partial charge in [0, 0.05) is 11.6 Å². The summed E-state index contributed by atoms with van der Waals surface area (Å²) >= 11 is 0. The predicted molar refractivity (Wildman–Crippen MR) is 92.3 cm³/mol. The van der Waals surface area contributed by atoms with E-state index in [0.717, 1.165) is 12.1 Å². The summed E-state index contributed by atoms with van der Waals surface area (Å²) in [5.41, 5.74) is 8.14. The normalized spacial score (nSPS) is 12.3. The van der Waals surface area contributed by atoms with Crippen molar-refractivity contribution in [2.24, 2.45) is 5.73 Å². The Kier molecular flexibility index (Phi) is 18.3. The molecule has 0 spiro atoms. The van der Waals surface area contributed by atoms with Gasteiger partial charge in [0.2, 0.25) is 0 Å². The maximum absolute atomic E-state index is 12.4. The Morgan fingerprint density at radius 2 is 1.07 bits per heavy atom. The molecule has 0 saturated carbocycles. The van der Waals surface area contributed by atoms with Gasteiger partial charge in [0.15, 0.2) is 0 Å². The van der Waals surface area contributed by atoms with Crippen LogP contribution in [0.3, 0.4) is 0 Å². The molecule has 0 bridgehead atoms. The van der Waals surface area contributed by atoms with Crippen molar-refractivity contribution in [1.29, 1.82) is 0 Å². The van der Waals surface area contributed by atoms with Crippen LogP contribution in [0.4, 0.5) is 26.3 Å². The second-order valence-electron chi connectivity index (χ2n) is 5.86. The Morgan fingerprint density at radius 1 is 0.767 bits per heavy atom. The van der Waals surface area contributed by atoms with Gasteiger partial charge in [0.25, 0.3) is 0 Å². The molecule has 2 aromatic rings. The SMILES string of the molecule is C[C@H](N)c1ccccc1C(F)(F)F.C[C@H]([NH3+])c1ccccc1C(F)(F)F.O.[Cl-].[Na+].[OH-]. The summed E-state index contributed by atoms with van der Waals surface area (Å²) in [5.74, 6) is 0. The molecule has 0 aliphatic carbocycles. The molecule has 0 amide bonds. The van der Waals surface area contributed by atoms with Gasteiger partial charge in [-0.05, 0) is 31.5 Å². The molecule has 2 atom stereocenters. The van der Waals surface area contributed by atoms with Crippen LogP contribution in [0.1, 0.15) is 48.2 Å². The van der Waals surface area contributed by atoms with Gasteiger partial charge in [0.1, 0.15) is 6.04 Å². The summed E-state index contributed by atoms with van der Waals surface area (Å²) in [6.07, 6.45) is -8.59. The van der Waals surface area contributed by atoms with E-state index in [1.54, 1.807) is 19.1 Å². The molecule has 2 rings (SSSR count). The van der Waals surface area contributed by atoms with Gasteiger partial charge >= 0.3 is 41.9 Å².